The Balaban J connectivity index is 1.80. The summed E-state index contributed by atoms with van der Waals surface area (Å²) < 4.78 is 11.9. The molecule has 7 heteroatoms. The SMILES string of the molecule is NNC(=O)C1CCC(COc2cncc(Br)c2)O1. The van der Waals surface area contributed by atoms with Gasteiger partial charge in [0.25, 0.3) is 5.91 Å². The van der Waals surface area contributed by atoms with E-state index in [-0.39, 0.29) is 12.0 Å². The highest BCUT2D eigenvalue weighted by molar-refractivity contribution is 9.10. The molecule has 2 heterocycles. The van der Waals surface area contributed by atoms with Gasteiger partial charge in [0, 0.05) is 10.7 Å². The van der Waals surface area contributed by atoms with Crippen molar-refractivity contribution < 1.29 is 14.3 Å². The molecule has 18 heavy (non-hydrogen) atoms. The van der Waals surface area contributed by atoms with Crippen LogP contribution in [-0.2, 0) is 9.53 Å². The van der Waals surface area contributed by atoms with Gasteiger partial charge in [0.2, 0.25) is 0 Å². The molecular weight excluding hydrogens is 302 g/mol. The Labute approximate surface area is 113 Å². The monoisotopic (exact) mass is 315 g/mol. The van der Waals surface area contributed by atoms with Gasteiger partial charge in [0.15, 0.2) is 0 Å². The summed E-state index contributed by atoms with van der Waals surface area (Å²) in [5.41, 5.74) is 2.09. The van der Waals surface area contributed by atoms with E-state index >= 15 is 0 Å². The molecule has 0 spiro atoms. The van der Waals surface area contributed by atoms with Crippen molar-refractivity contribution in [3.05, 3.63) is 22.9 Å². The second kappa shape index (κ2) is 6.12. The zero-order valence-electron chi connectivity index (χ0n) is 9.64. The van der Waals surface area contributed by atoms with Gasteiger partial charge in [-0.15, -0.1) is 0 Å². The van der Waals surface area contributed by atoms with E-state index in [1.54, 1.807) is 12.4 Å². The van der Waals surface area contributed by atoms with Crippen molar-refractivity contribution in [1.82, 2.24) is 10.4 Å². The Hall–Kier alpha value is -1.18. The van der Waals surface area contributed by atoms with E-state index < -0.39 is 6.10 Å². The number of nitrogens with two attached hydrogens (primary N) is 1. The van der Waals surface area contributed by atoms with Gasteiger partial charge in [-0.3, -0.25) is 15.2 Å². The molecule has 0 aromatic carbocycles. The van der Waals surface area contributed by atoms with E-state index in [0.717, 1.165) is 10.9 Å². The van der Waals surface area contributed by atoms with E-state index in [0.29, 0.717) is 18.8 Å². The lowest BCUT2D eigenvalue weighted by Gasteiger charge is -2.13. The summed E-state index contributed by atoms with van der Waals surface area (Å²) in [6.45, 7) is 0.395. The number of nitrogens with zero attached hydrogens (tertiary/aromatic N) is 1. The summed E-state index contributed by atoms with van der Waals surface area (Å²) in [6.07, 6.45) is 4.19. The molecule has 0 bridgehead atoms. The fraction of sp³-hybridized carbons (Fsp3) is 0.455. The first-order chi connectivity index (χ1) is 8.69. The summed E-state index contributed by atoms with van der Waals surface area (Å²) >= 11 is 3.31. The average Bonchev–Trinajstić information content (AvgIpc) is 2.84. The van der Waals surface area contributed by atoms with Crippen LogP contribution >= 0.6 is 15.9 Å². The molecule has 98 valence electrons. The van der Waals surface area contributed by atoms with Crippen LogP contribution in [0.2, 0.25) is 0 Å². The number of halogens is 1. The van der Waals surface area contributed by atoms with Crippen molar-refractivity contribution in [3.8, 4) is 5.75 Å². The molecule has 1 saturated heterocycles. The second-order valence-electron chi connectivity index (χ2n) is 3.98. The number of hydrazine groups is 1. The minimum atomic E-state index is -0.468. The zero-order valence-corrected chi connectivity index (χ0v) is 11.2. The third-order valence-corrected chi connectivity index (χ3v) is 3.09. The predicted octanol–water partition coefficient (Wildman–Crippen LogP) is 0.760. The molecule has 1 fully saturated rings. The number of carbonyl (C=O) groups is 1. The van der Waals surface area contributed by atoms with Crippen molar-refractivity contribution in [2.75, 3.05) is 6.61 Å². The van der Waals surface area contributed by atoms with E-state index in [4.69, 9.17) is 15.3 Å². The molecule has 1 aliphatic rings. The molecule has 6 nitrogen and oxygen atoms in total. The third kappa shape index (κ3) is 3.41. The number of hydrogen-bond acceptors (Lipinski definition) is 5. The minimum absolute atomic E-state index is 0.0914. The Kier molecular flexibility index (Phi) is 4.51. The Bertz CT molecular complexity index is 430. The van der Waals surface area contributed by atoms with Gasteiger partial charge in [-0.2, -0.15) is 0 Å². The molecule has 0 aliphatic carbocycles. The zero-order chi connectivity index (χ0) is 13.0. The molecule has 3 N–H and O–H groups in total. The molecule has 1 aromatic heterocycles. The van der Waals surface area contributed by atoms with Crippen LogP contribution in [0, 0.1) is 0 Å². The van der Waals surface area contributed by atoms with Gasteiger partial charge in [-0.1, -0.05) is 0 Å². The van der Waals surface area contributed by atoms with Crippen LogP contribution in [0.4, 0.5) is 0 Å². The van der Waals surface area contributed by atoms with Crippen LogP contribution in [0.1, 0.15) is 12.8 Å². The molecule has 0 saturated carbocycles. The summed E-state index contributed by atoms with van der Waals surface area (Å²) in [6, 6.07) is 1.83. The first-order valence-corrected chi connectivity index (χ1v) is 6.37. The largest absolute Gasteiger partial charge is 0.489 e. The maximum Gasteiger partial charge on any atom is 0.263 e. The normalized spacial score (nSPS) is 22.8. The number of nitrogens with one attached hydrogen (secondary N) is 1. The lowest BCUT2D eigenvalue weighted by atomic mass is 10.2. The average molecular weight is 316 g/mol. The lowest BCUT2D eigenvalue weighted by molar-refractivity contribution is -0.132. The van der Waals surface area contributed by atoms with Crippen LogP contribution < -0.4 is 16.0 Å². The molecular formula is C11H14BrN3O3. The number of pyridine rings is 1. The van der Waals surface area contributed by atoms with E-state index in [1.165, 1.54) is 0 Å². The molecule has 2 rings (SSSR count). The number of carbonyl (C=O) groups excluding carboxylic acids is 1. The Morgan fingerprint density at radius 3 is 3.17 bits per heavy atom. The summed E-state index contributed by atoms with van der Waals surface area (Å²) in [5.74, 6) is 5.43. The standard InChI is InChI=1S/C11H14BrN3O3/c12-7-3-9(5-14-4-7)17-6-8-1-2-10(18-8)11(16)15-13/h3-5,8,10H,1-2,6,13H2,(H,15,16). The first kappa shape index (κ1) is 13.3. The molecule has 2 atom stereocenters. The number of hydrogen-bond donors (Lipinski definition) is 2. The van der Waals surface area contributed by atoms with Gasteiger partial charge < -0.3 is 9.47 Å². The molecule has 1 aromatic rings. The Morgan fingerprint density at radius 2 is 2.44 bits per heavy atom. The van der Waals surface area contributed by atoms with Crippen LogP contribution in [0.5, 0.6) is 5.75 Å². The lowest BCUT2D eigenvalue weighted by Crippen LogP contribution is -2.39. The van der Waals surface area contributed by atoms with Crippen molar-refractivity contribution >= 4 is 21.8 Å². The van der Waals surface area contributed by atoms with Gasteiger partial charge in [0.1, 0.15) is 18.5 Å². The van der Waals surface area contributed by atoms with Crippen LogP contribution in [0.15, 0.2) is 22.9 Å². The van der Waals surface area contributed by atoms with Gasteiger partial charge in [-0.05, 0) is 34.8 Å². The van der Waals surface area contributed by atoms with Gasteiger partial charge >= 0.3 is 0 Å². The van der Waals surface area contributed by atoms with E-state index in [1.807, 2.05) is 6.07 Å². The van der Waals surface area contributed by atoms with E-state index in [9.17, 15) is 4.79 Å². The molecule has 1 aliphatic heterocycles. The van der Waals surface area contributed by atoms with Crippen LogP contribution in [0.25, 0.3) is 0 Å². The summed E-state index contributed by atoms with van der Waals surface area (Å²) in [7, 11) is 0. The number of rotatable bonds is 4. The minimum Gasteiger partial charge on any atom is -0.489 e. The third-order valence-electron chi connectivity index (χ3n) is 2.66. The highest BCUT2D eigenvalue weighted by Crippen LogP contribution is 2.22. The molecule has 0 radical (unpaired) electrons. The van der Waals surface area contributed by atoms with Crippen LogP contribution in [-0.4, -0.2) is 29.7 Å². The topological polar surface area (TPSA) is 86.5 Å². The quantitative estimate of drug-likeness (QED) is 0.486. The maximum atomic E-state index is 11.3. The van der Waals surface area contributed by atoms with Crippen LogP contribution in [0.3, 0.4) is 0 Å². The van der Waals surface area contributed by atoms with Crippen molar-refractivity contribution in [2.24, 2.45) is 5.84 Å². The highest BCUT2D eigenvalue weighted by atomic mass is 79.9. The van der Waals surface area contributed by atoms with Crippen molar-refractivity contribution in [2.45, 2.75) is 25.0 Å². The maximum absolute atomic E-state index is 11.3. The fourth-order valence-electron chi connectivity index (χ4n) is 1.77. The van der Waals surface area contributed by atoms with Crippen molar-refractivity contribution in [3.63, 3.8) is 0 Å². The summed E-state index contributed by atoms with van der Waals surface area (Å²) in [4.78, 5) is 15.3. The highest BCUT2D eigenvalue weighted by Gasteiger charge is 2.30. The Morgan fingerprint density at radius 1 is 1.61 bits per heavy atom. The van der Waals surface area contributed by atoms with Crippen molar-refractivity contribution in [1.29, 1.82) is 0 Å². The number of aromatic nitrogens is 1. The number of amides is 1. The number of ether oxygens (including phenoxy) is 2. The van der Waals surface area contributed by atoms with Gasteiger partial charge in [-0.25, -0.2) is 5.84 Å². The second-order valence-corrected chi connectivity index (χ2v) is 4.90. The first-order valence-electron chi connectivity index (χ1n) is 5.58. The molecule has 1 amide bonds. The smallest absolute Gasteiger partial charge is 0.263 e. The summed E-state index contributed by atoms with van der Waals surface area (Å²) in [5, 5.41) is 0. The van der Waals surface area contributed by atoms with E-state index in [2.05, 4.69) is 26.3 Å². The fourth-order valence-corrected chi connectivity index (χ4v) is 2.12. The molecule has 2 unspecified atom stereocenters. The van der Waals surface area contributed by atoms with Gasteiger partial charge in [0.05, 0.1) is 12.3 Å². The predicted molar refractivity (Wildman–Crippen MR) is 67.7 cm³/mol.